The van der Waals surface area contributed by atoms with Gasteiger partial charge in [-0.2, -0.15) is 0 Å². The highest BCUT2D eigenvalue weighted by molar-refractivity contribution is 7.92. The van der Waals surface area contributed by atoms with Crippen LogP contribution < -0.4 is 20.3 Å². The number of piperidine rings is 1. The average Bonchev–Trinajstić information content (AvgIpc) is 3.11. The molecule has 3 amide bonds. The number of nitrogens with one attached hydrogen (secondary N) is 3. The molecule has 3 aromatic carbocycles. The van der Waals surface area contributed by atoms with Gasteiger partial charge >= 0.3 is 0 Å². The summed E-state index contributed by atoms with van der Waals surface area (Å²) in [5.41, 5.74) is 2.06. The van der Waals surface area contributed by atoms with E-state index in [0.717, 1.165) is 43.0 Å². The third-order valence-corrected chi connectivity index (χ3v) is 11.0. The number of nitrogens with zero attached hydrogens (tertiary/aromatic N) is 2. The van der Waals surface area contributed by atoms with Crippen LogP contribution in [-0.2, 0) is 21.4 Å². The zero-order valence-corrected chi connectivity index (χ0v) is 32.3. The third-order valence-electron chi connectivity index (χ3n) is 9.75. The number of carbonyl (C=O) groups excluding carboxylic acids is 3. The van der Waals surface area contributed by atoms with E-state index in [0.29, 0.717) is 12.0 Å². The van der Waals surface area contributed by atoms with Crippen LogP contribution in [-0.4, -0.2) is 80.7 Å². The minimum atomic E-state index is -3.76. The second-order valence-corrected chi connectivity index (χ2v) is 16.7. The Bertz CT molecular complexity index is 1800. The summed E-state index contributed by atoms with van der Waals surface area (Å²) in [6.45, 7) is 10.0. The number of likely N-dealkylation sites (tertiary alicyclic amines) is 1. The van der Waals surface area contributed by atoms with E-state index in [1.807, 2.05) is 32.0 Å². The quantitative estimate of drug-likeness (QED) is 0.161. The number of anilines is 1. The van der Waals surface area contributed by atoms with Gasteiger partial charge in [0.15, 0.2) is 0 Å². The molecule has 1 heterocycles. The predicted molar refractivity (Wildman–Crippen MR) is 205 cm³/mol. The van der Waals surface area contributed by atoms with Crippen LogP contribution in [0.25, 0.3) is 0 Å². The van der Waals surface area contributed by atoms with Crippen molar-refractivity contribution < 1.29 is 32.3 Å². The second-order valence-electron chi connectivity index (χ2n) is 14.7. The summed E-state index contributed by atoms with van der Waals surface area (Å²) in [7, 11) is -2.44. The summed E-state index contributed by atoms with van der Waals surface area (Å²) in [6, 6.07) is 18.9. The van der Waals surface area contributed by atoms with Crippen molar-refractivity contribution in [2.24, 2.45) is 11.8 Å². The molecule has 0 bridgehead atoms. The van der Waals surface area contributed by atoms with E-state index < -0.39 is 51.8 Å². The zero-order chi connectivity index (χ0) is 38.9. The van der Waals surface area contributed by atoms with Crippen molar-refractivity contribution in [3.8, 4) is 0 Å². The molecule has 13 heteroatoms. The van der Waals surface area contributed by atoms with Crippen LogP contribution in [0.3, 0.4) is 0 Å². The van der Waals surface area contributed by atoms with E-state index >= 15 is 0 Å². The van der Waals surface area contributed by atoms with Gasteiger partial charge in [0.05, 0.1) is 30.1 Å². The first kappa shape index (κ1) is 41.4. The number of aliphatic hydroxyl groups is 1. The van der Waals surface area contributed by atoms with Crippen molar-refractivity contribution in [1.82, 2.24) is 20.9 Å². The fraction of sp³-hybridized carbons (Fsp3) is 0.475. The maximum absolute atomic E-state index is 13.8. The molecule has 53 heavy (non-hydrogen) atoms. The van der Waals surface area contributed by atoms with E-state index in [-0.39, 0.29) is 41.1 Å². The number of amides is 3. The van der Waals surface area contributed by atoms with E-state index in [1.165, 1.54) is 42.9 Å². The monoisotopic (exact) mass is 751 g/mol. The first-order valence-electron chi connectivity index (χ1n) is 18.2. The molecular weight excluding hydrogens is 698 g/mol. The molecule has 0 spiro atoms. The number of hydrogen-bond donors (Lipinski definition) is 4. The maximum Gasteiger partial charge on any atom is 0.251 e. The number of aliphatic hydroxyl groups excluding tert-OH is 1. The lowest BCUT2D eigenvalue weighted by Crippen LogP contribution is -2.48. The van der Waals surface area contributed by atoms with Gasteiger partial charge in [-0.25, -0.2) is 12.8 Å². The molecule has 4 rings (SSSR count). The Morgan fingerprint density at radius 3 is 2.04 bits per heavy atom. The molecule has 4 N–H and O–H groups in total. The van der Waals surface area contributed by atoms with Gasteiger partial charge in [0.25, 0.3) is 11.8 Å². The van der Waals surface area contributed by atoms with Gasteiger partial charge in [-0.15, -0.1) is 0 Å². The molecular formula is C40H54FN5O6S. The van der Waals surface area contributed by atoms with Crippen LogP contribution in [0.5, 0.6) is 0 Å². The minimum Gasteiger partial charge on any atom is -0.391 e. The van der Waals surface area contributed by atoms with Gasteiger partial charge in [0.1, 0.15) is 5.82 Å². The Labute approximate surface area is 313 Å². The second kappa shape index (κ2) is 18.6. The van der Waals surface area contributed by atoms with Gasteiger partial charge in [-0.1, -0.05) is 63.2 Å². The molecule has 1 saturated heterocycles. The number of rotatable bonds is 16. The van der Waals surface area contributed by atoms with Gasteiger partial charge in [0.2, 0.25) is 15.9 Å². The number of benzene rings is 3. The molecule has 3 aromatic rings. The normalized spacial score (nSPS) is 16.3. The van der Waals surface area contributed by atoms with Crippen molar-refractivity contribution in [2.75, 3.05) is 30.7 Å². The van der Waals surface area contributed by atoms with Crippen molar-refractivity contribution in [1.29, 1.82) is 0 Å². The maximum atomic E-state index is 13.8. The third kappa shape index (κ3) is 12.4. The van der Waals surface area contributed by atoms with E-state index in [2.05, 4.69) is 33.0 Å². The number of sulfonamides is 1. The van der Waals surface area contributed by atoms with Crippen LogP contribution in [0.15, 0.2) is 72.8 Å². The van der Waals surface area contributed by atoms with E-state index in [4.69, 9.17) is 0 Å². The van der Waals surface area contributed by atoms with Gasteiger partial charge in [-0.3, -0.25) is 23.6 Å². The van der Waals surface area contributed by atoms with Crippen LogP contribution in [0, 0.1) is 17.7 Å². The predicted octanol–water partition coefficient (Wildman–Crippen LogP) is 5.02. The number of halogens is 1. The minimum absolute atomic E-state index is 0.0166. The van der Waals surface area contributed by atoms with Crippen LogP contribution in [0.4, 0.5) is 10.1 Å². The SMILES string of the molecule is CC(C)C[C@H](NC(=O)c1cc(C(=O)N[C@H](C)c2ccc(F)cc2)cc(N(C)S(C)(=O)=O)c1)[C@@H](O)C[C@@H](C)C(=O)NC1CCN(Cc2ccccc2)CC1. The number of hydrogen-bond acceptors (Lipinski definition) is 7. The fourth-order valence-electron chi connectivity index (χ4n) is 6.49. The van der Waals surface area contributed by atoms with E-state index in [9.17, 15) is 32.3 Å². The molecule has 0 saturated carbocycles. The van der Waals surface area contributed by atoms with Gasteiger partial charge in [-0.05, 0) is 80.0 Å². The number of carbonyl (C=O) groups is 3. The molecule has 11 nitrogen and oxygen atoms in total. The lowest BCUT2D eigenvalue weighted by molar-refractivity contribution is -0.126. The highest BCUT2D eigenvalue weighted by Crippen LogP contribution is 2.24. The van der Waals surface area contributed by atoms with Gasteiger partial charge < -0.3 is 21.1 Å². The Kier molecular flexibility index (Phi) is 14.6. The topological polar surface area (TPSA) is 148 Å². The molecule has 0 radical (unpaired) electrons. The Morgan fingerprint density at radius 1 is 0.887 bits per heavy atom. The molecule has 0 unspecified atom stereocenters. The average molecular weight is 752 g/mol. The lowest BCUT2D eigenvalue weighted by Gasteiger charge is -2.33. The molecule has 1 fully saturated rings. The largest absolute Gasteiger partial charge is 0.391 e. The molecule has 1 aliphatic heterocycles. The van der Waals surface area contributed by atoms with E-state index in [1.54, 1.807) is 26.0 Å². The molecule has 1 aliphatic rings. The smallest absolute Gasteiger partial charge is 0.251 e. The lowest BCUT2D eigenvalue weighted by atomic mass is 9.91. The summed E-state index contributed by atoms with van der Waals surface area (Å²) in [5, 5.41) is 20.3. The molecule has 4 atom stereocenters. The van der Waals surface area contributed by atoms with Crippen molar-refractivity contribution in [2.45, 2.75) is 84.2 Å². The summed E-state index contributed by atoms with van der Waals surface area (Å²) in [6.07, 6.45) is 2.14. The Balaban J connectivity index is 1.43. The van der Waals surface area contributed by atoms with Gasteiger partial charge in [0, 0.05) is 49.8 Å². The molecule has 0 aromatic heterocycles. The Morgan fingerprint density at radius 2 is 1.47 bits per heavy atom. The molecule has 288 valence electrons. The summed E-state index contributed by atoms with van der Waals surface area (Å²) >= 11 is 0. The molecule has 0 aliphatic carbocycles. The highest BCUT2D eigenvalue weighted by atomic mass is 32.2. The Hall–Kier alpha value is -4.33. The van der Waals surface area contributed by atoms with Crippen LogP contribution >= 0.6 is 0 Å². The van der Waals surface area contributed by atoms with Crippen LogP contribution in [0.1, 0.15) is 91.3 Å². The first-order valence-corrected chi connectivity index (χ1v) is 20.1. The summed E-state index contributed by atoms with van der Waals surface area (Å²) < 4.78 is 39.4. The van der Waals surface area contributed by atoms with Crippen LogP contribution in [0.2, 0.25) is 0 Å². The van der Waals surface area contributed by atoms with Crippen molar-refractivity contribution >= 4 is 33.4 Å². The fourth-order valence-corrected chi connectivity index (χ4v) is 6.98. The summed E-state index contributed by atoms with van der Waals surface area (Å²) in [4.78, 5) is 42.8. The standard InChI is InChI=1S/C40H54FN5O6S/c1-26(2)20-36(37(47)21-27(3)38(48)43-34-16-18-46(19-17-34)25-29-10-8-7-9-11-29)44-40(50)32-22-31(23-35(24-32)45(5)53(6,51)52)39(49)42-28(4)30-12-14-33(41)15-13-30/h7-15,22-24,26-28,34,36-37,47H,16-21,25H2,1-6H3,(H,42,49)(H,43,48)(H,44,50)/t27-,28-,36+,37+/m1/s1. The first-order chi connectivity index (χ1) is 25.0. The van der Waals surface area contributed by atoms with Crippen molar-refractivity contribution in [3.63, 3.8) is 0 Å². The summed E-state index contributed by atoms with van der Waals surface area (Å²) in [5.74, 6) is -2.19. The van der Waals surface area contributed by atoms with Crippen molar-refractivity contribution in [3.05, 3.63) is 101 Å². The zero-order valence-electron chi connectivity index (χ0n) is 31.5. The highest BCUT2D eigenvalue weighted by Gasteiger charge is 2.29.